The second-order valence-corrected chi connectivity index (χ2v) is 7.04. The van der Waals surface area contributed by atoms with E-state index in [4.69, 9.17) is 4.74 Å². The summed E-state index contributed by atoms with van der Waals surface area (Å²) in [7, 11) is 0. The Hall–Kier alpha value is -2.24. The summed E-state index contributed by atoms with van der Waals surface area (Å²) in [5.74, 6) is -0.799. The van der Waals surface area contributed by atoms with E-state index in [0.29, 0.717) is 6.54 Å². The third-order valence-electron chi connectivity index (χ3n) is 4.41. The van der Waals surface area contributed by atoms with Crippen LogP contribution in [0.5, 0.6) is 0 Å². The van der Waals surface area contributed by atoms with Gasteiger partial charge in [0, 0.05) is 24.6 Å². The van der Waals surface area contributed by atoms with Crippen LogP contribution in [0.1, 0.15) is 33.3 Å². The topological polar surface area (TPSA) is 71.3 Å². The molecule has 0 spiro atoms. The quantitative estimate of drug-likeness (QED) is 0.787. The number of azo groups is 1. The minimum Gasteiger partial charge on any atom is -0.431 e. The van der Waals surface area contributed by atoms with Crippen molar-refractivity contribution >= 4 is 11.9 Å². The van der Waals surface area contributed by atoms with Gasteiger partial charge in [-0.3, -0.25) is 9.59 Å². The van der Waals surface area contributed by atoms with Crippen molar-refractivity contribution in [2.45, 2.75) is 45.0 Å². The van der Waals surface area contributed by atoms with E-state index in [0.717, 1.165) is 5.56 Å². The van der Waals surface area contributed by atoms with Crippen molar-refractivity contribution in [1.29, 1.82) is 0 Å². The Morgan fingerprint density at radius 1 is 1.30 bits per heavy atom. The van der Waals surface area contributed by atoms with E-state index in [1.54, 1.807) is 4.90 Å². The number of carbonyl (C=O) groups is 2. The van der Waals surface area contributed by atoms with Gasteiger partial charge in [-0.05, 0) is 20.8 Å². The molecule has 2 aliphatic heterocycles. The van der Waals surface area contributed by atoms with Crippen molar-refractivity contribution in [1.82, 2.24) is 4.90 Å². The van der Waals surface area contributed by atoms with E-state index < -0.39 is 17.7 Å². The summed E-state index contributed by atoms with van der Waals surface area (Å²) in [6, 6.07) is 8.73. The highest BCUT2D eigenvalue weighted by atomic mass is 16.6. The summed E-state index contributed by atoms with van der Waals surface area (Å²) in [6.07, 6.45) is 0. The molecule has 0 unspecified atom stereocenters. The predicted octanol–water partition coefficient (Wildman–Crippen LogP) is 2.49. The maximum atomic E-state index is 12.7. The Balaban J connectivity index is 2.05. The molecule has 0 saturated carbocycles. The summed E-state index contributed by atoms with van der Waals surface area (Å²) in [4.78, 5) is 26.2. The summed E-state index contributed by atoms with van der Waals surface area (Å²) < 4.78 is 5.63. The Morgan fingerprint density at radius 3 is 2.52 bits per heavy atom. The smallest absolute Gasteiger partial charge is 0.305 e. The van der Waals surface area contributed by atoms with Crippen molar-refractivity contribution in [3.8, 4) is 0 Å². The van der Waals surface area contributed by atoms with E-state index in [9.17, 15) is 9.59 Å². The van der Waals surface area contributed by atoms with Crippen LogP contribution in [0, 0.1) is 5.92 Å². The highest BCUT2D eigenvalue weighted by Gasteiger charge is 2.61. The minimum atomic E-state index is -1.21. The summed E-state index contributed by atoms with van der Waals surface area (Å²) in [5.41, 5.74) is -0.779. The van der Waals surface area contributed by atoms with Crippen LogP contribution < -0.4 is 0 Å². The number of likely N-dealkylation sites (tertiary alicyclic amines) is 1. The highest BCUT2D eigenvalue weighted by molar-refractivity contribution is 5.86. The fraction of sp³-hybridized carbons (Fsp3) is 0.529. The maximum Gasteiger partial charge on any atom is 0.305 e. The number of esters is 1. The van der Waals surface area contributed by atoms with Gasteiger partial charge in [0.2, 0.25) is 5.91 Å². The molecule has 0 aromatic heterocycles. The van der Waals surface area contributed by atoms with Crippen LogP contribution in [0.3, 0.4) is 0 Å². The molecule has 23 heavy (non-hydrogen) atoms. The number of hydrogen-bond donors (Lipinski definition) is 0. The first-order valence-corrected chi connectivity index (χ1v) is 7.74. The van der Waals surface area contributed by atoms with Crippen LogP contribution in [-0.4, -0.2) is 34.9 Å². The molecule has 1 aromatic rings. The summed E-state index contributed by atoms with van der Waals surface area (Å²) in [6.45, 7) is 7.77. The highest BCUT2D eigenvalue weighted by Crippen LogP contribution is 2.48. The normalized spacial score (nSPS) is 29.7. The first kappa shape index (κ1) is 15.6. The van der Waals surface area contributed by atoms with Gasteiger partial charge in [0.05, 0.1) is 5.92 Å². The van der Waals surface area contributed by atoms with Crippen molar-refractivity contribution < 1.29 is 14.3 Å². The molecule has 1 saturated heterocycles. The Kier molecular flexibility index (Phi) is 3.50. The standard InChI is InChI=1S/C17H21N3O3/c1-11(21)23-17(12-8-6-5-7-9-12)13-10-20(16(2,3)4)15(22)14(13)18-19-17/h5-9,13-14H,10H2,1-4H3/t13-,14+,17+/m1/s1. The Bertz CT molecular complexity index is 665. The van der Waals surface area contributed by atoms with Crippen LogP contribution in [0.25, 0.3) is 0 Å². The van der Waals surface area contributed by atoms with Crippen molar-refractivity contribution in [3.05, 3.63) is 35.9 Å². The molecule has 1 amide bonds. The van der Waals surface area contributed by atoms with E-state index >= 15 is 0 Å². The zero-order valence-corrected chi connectivity index (χ0v) is 13.8. The largest absolute Gasteiger partial charge is 0.431 e. The van der Waals surface area contributed by atoms with Crippen LogP contribution in [0.15, 0.2) is 40.6 Å². The number of nitrogens with zero attached hydrogens (tertiary/aromatic N) is 3. The van der Waals surface area contributed by atoms with Gasteiger partial charge in [0.15, 0.2) is 6.04 Å². The summed E-state index contributed by atoms with van der Waals surface area (Å²) >= 11 is 0. The van der Waals surface area contributed by atoms with Crippen LogP contribution in [0.4, 0.5) is 0 Å². The predicted molar refractivity (Wildman–Crippen MR) is 83.5 cm³/mol. The summed E-state index contributed by atoms with van der Waals surface area (Å²) in [5, 5.41) is 8.45. The van der Waals surface area contributed by atoms with Gasteiger partial charge in [-0.1, -0.05) is 30.3 Å². The van der Waals surface area contributed by atoms with Crippen molar-refractivity contribution in [3.63, 3.8) is 0 Å². The monoisotopic (exact) mass is 315 g/mol. The average molecular weight is 315 g/mol. The van der Waals surface area contributed by atoms with Crippen LogP contribution in [-0.2, 0) is 20.1 Å². The third-order valence-corrected chi connectivity index (χ3v) is 4.41. The second-order valence-electron chi connectivity index (χ2n) is 7.04. The van der Waals surface area contributed by atoms with E-state index in [1.165, 1.54) is 6.92 Å². The number of fused-ring (bicyclic) bond motifs is 1. The number of amides is 1. The van der Waals surface area contributed by atoms with Gasteiger partial charge in [0.25, 0.3) is 5.72 Å². The van der Waals surface area contributed by atoms with Crippen molar-refractivity contribution in [2.75, 3.05) is 6.54 Å². The molecule has 0 aliphatic carbocycles. The molecule has 0 bridgehead atoms. The van der Waals surface area contributed by atoms with E-state index in [1.807, 2.05) is 51.1 Å². The number of benzene rings is 1. The molecule has 3 rings (SSSR count). The number of carbonyl (C=O) groups excluding carboxylic acids is 2. The average Bonchev–Trinajstić information content (AvgIpc) is 2.99. The molecule has 2 aliphatic rings. The molecule has 1 fully saturated rings. The van der Waals surface area contributed by atoms with E-state index in [-0.39, 0.29) is 17.4 Å². The number of hydrogen-bond acceptors (Lipinski definition) is 5. The fourth-order valence-electron chi connectivity index (χ4n) is 3.34. The molecular formula is C17H21N3O3. The van der Waals surface area contributed by atoms with Gasteiger partial charge in [-0.25, -0.2) is 0 Å². The van der Waals surface area contributed by atoms with Crippen LogP contribution in [0.2, 0.25) is 0 Å². The first-order chi connectivity index (χ1) is 10.8. The zero-order chi connectivity index (χ0) is 16.8. The molecule has 3 atom stereocenters. The number of rotatable bonds is 2. The lowest BCUT2D eigenvalue weighted by atomic mass is 9.87. The van der Waals surface area contributed by atoms with E-state index in [2.05, 4.69) is 10.2 Å². The molecule has 122 valence electrons. The second kappa shape index (κ2) is 5.15. The lowest BCUT2D eigenvalue weighted by Gasteiger charge is -2.35. The lowest BCUT2D eigenvalue weighted by molar-refractivity contribution is -0.162. The molecule has 6 nitrogen and oxygen atoms in total. The SMILES string of the molecule is CC(=O)O[C@]1(c2ccccc2)N=N[C@@H]2C(=O)N(C(C)(C)C)C[C@H]21. The van der Waals surface area contributed by atoms with Gasteiger partial charge in [0.1, 0.15) is 0 Å². The molecular weight excluding hydrogens is 294 g/mol. The van der Waals surface area contributed by atoms with Crippen molar-refractivity contribution in [2.24, 2.45) is 16.1 Å². The Labute approximate surface area is 135 Å². The van der Waals surface area contributed by atoms with Gasteiger partial charge >= 0.3 is 5.97 Å². The third kappa shape index (κ3) is 2.42. The van der Waals surface area contributed by atoms with Gasteiger partial charge in [-0.15, -0.1) is 5.11 Å². The molecule has 1 aromatic carbocycles. The van der Waals surface area contributed by atoms with Gasteiger partial charge < -0.3 is 9.64 Å². The van der Waals surface area contributed by atoms with Gasteiger partial charge in [-0.2, -0.15) is 5.11 Å². The van der Waals surface area contributed by atoms with Crippen LogP contribution >= 0.6 is 0 Å². The molecule has 0 radical (unpaired) electrons. The lowest BCUT2D eigenvalue weighted by Crippen LogP contribution is -2.44. The minimum absolute atomic E-state index is 0.0591. The maximum absolute atomic E-state index is 12.7. The molecule has 0 N–H and O–H groups in total. The number of ether oxygens (including phenoxy) is 1. The molecule has 6 heteroatoms. The first-order valence-electron chi connectivity index (χ1n) is 7.74. The molecule has 2 heterocycles. The fourth-order valence-corrected chi connectivity index (χ4v) is 3.34. The zero-order valence-electron chi connectivity index (χ0n) is 13.8. The Morgan fingerprint density at radius 2 is 1.96 bits per heavy atom.